The van der Waals surface area contributed by atoms with Crippen LogP contribution in [0.2, 0.25) is 0 Å². The molecule has 0 amide bonds. The number of nitrogens with zero attached hydrogens (tertiary/aromatic N) is 1. The zero-order valence-electron chi connectivity index (χ0n) is 12.0. The molecule has 0 bridgehead atoms. The second-order valence-electron chi connectivity index (χ2n) is 4.88. The summed E-state index contributed by atoms with van der Waals surface area (Å²) >= 11 is 0. The molecular weight excluding hydrogens is 300 g/mol. The maximum Gasteiger partial charge on any atom is 0.243 e. The summed E-state index contributed by atoms with van der Waals surface area (Å²) in [6.45, 7) is 3.23. The van der Waals surface area contributed by atoms with Gasteiger partial charge in [-0.25, -0.2) is 16.8 Å². The van der Waals surface area contributed by atoms with Crippen molar-refractivity contribution in [2.24, 2.45) is 0 Å². The lowest BCUT2D eigenvalue weighted by atomic mass is 10.1. The molecule has 0 radical (unpaired) electrons. The van der Waals surface area contributed by atoms with Crippen molar-refractivity contribution in [3.8, 4) is 0 Å². The van der Waals surface area contributed by atoms with Crippen molar-refractivity contribution in [2.75, 3.05) is 31.3 Å². The van der Waals surface area contributed by atoms with Gasteiger partial charge < -0.3 is 5.73 Å². The van der Waals surface area contributed by atoms with E-state index in [0.717, 1.165) is 10.6 Å². The molecular formula is C12H20N2O4S2. The summed E-state index contributed by atoms with van der Waals surface area (Å²) in [4.78, 5) is 0.147. The Balaban J connectivity index is 3.21. The number of benzene rings is 1. The first-order valence-corrected chi connectivity index (χ1v) is 9.46. The van der Waals surface area contributed by atoms with E-state index in [9.17, 15) is 16.8 Å². The molecule has 0 fully saturated rings. The smallest absolute Gasteiger partial charge is 0.243 e. The topological polar surface area (TPSA) is 97.5 Å². The fourth-order valence-electron chi connectivity index (χ4n) is 1.81. The summed E-state index contributed by atoms with van der Waals surface area (Å²) in [5.41, 5.74) is 7.21. The molecule has 0 aliphatic heterocycles. The Hall–Kier alpha value is -1.12. The maximum absolute atomic E-state index is 12.5. The first kappa shape index (κ1) is 16.9. The Morgan fingerprint density at radius 1 is 1.15 bits per heavy atom. The van der Waals surface area contributed by atoms with Crippen LogP contribution < -0.4 is 5.73 Å². The monoisotopic (exact) mass is 320 g/mol. The van der Waals surface area contributed by atoms with E-state index in [4.69, 9.17) is 5.73 Å². The Morgan fingerprint density at radius 3 is 2.20 bits per heavy atom. The van der Waals surface area contributed by atoms with Gasteiger partial charge in [-0.05, 0) is 31.0 Å². The molecule has 0 atom stereocenters. The number of rotatable bonds is 5. The van der Waals surface area contributed by atoms with Crippen LogP contribution >= 0.6 is 0 Å². The number of sulfonamides is 1. The summed E-state index contributed by atoms with van der Waals surface area (Å²) in [6.07, 6.45) is 1.07. The van der Waals surface area contributed by atoms with Crippen molar-refractivity contribution >= 4 is 25.5 Å². The highest BCUT2D eigenvalue weighted by atomic mass is 32.2. The number of hydrogen-bond donors (Lipinski definition) is 1. The van der Waals surface area contributed by atoms with Crippen LogP contribution in [-0.2, 0) is 19.9 Å². The Kier molecular flexibility index (Phi) is 4.83. The van der Waals surface area contributed by atoms with E-state index in [0.29, 0.717) is 16.8 Å². The molecule has 0 saturated heterocycles. The lowest BCUT2D eigenvalue weighted by Gasteiger charge is -2.20. The third kappa shape index (κ3) is 3.71. The number of aryl methyl sites for hydroxylation is 1. The lowest BCUT2D eigenvalue weighted by Crippen LogP contribution is -2.32. The largest absolute Gasteiger partial charge is 0.398 e. The Bertz CT molecular complexity index is 709. The first-order valence-electron chi connectivity index (χ1n) is 5.96. The molecule has 0 unspecified atom stereocenters. The summed E-state index contributed by atoms with van der Waals surface area (Å²) in [5, 5.41) is 0. The third-order valence-electron chi connectivity index (χ3n) is 3.09. The van der Waals surface area contributed by atoms with Crippen LogP contribution in [0.4, 0.5) is 5.69 Å². The molecule has 1 rings (SSSR count). The van der Waals surface area contributed by atoms with Crippen molar-refractivity contribution in [2.45, 2.75) is 18.7 Å². The summed E-state index contributed by atoms with van der Waals surface area (Å²) in [5.74, 6) is -0.219. The number of anilines is 1. The van der Waals surface area contributed by atoms with Gasteiger partial charge in [-0.15, -0.1) is 0 Å². The van der Waals surface area contributed by atoms with Gasteiger partial charge in [0.2, 0.25) is 10.0 Å². The minimum Gasteiger partial charge on any atom is -0.398 e. The van der Waals surface area contributed by atoms with E-state index < -0.39 is 19.9 Å². The second kappa shape index (κ2) is 5.71. The molecule has 1 aromatic rings. The molecule has 114 valence electrons. The number of nitrogens with two attached hydrogens (primary N) is 1. The van der Waals surface area contributed by atoms with Crippen molar-refractivity contribution in [3.05, 3.63) is 23.3 Å². The van der Waals surface area contributed by atoms with Gasteiger partial charge in [0.05, 0.1) is 10.6 Å². The van der Waals surface area contributed by atoms with E-state index in [-0.39, 0.29) is 17.2 Å². The van der Waals surface area contributed by atoms with Crippen molar-refractivity contribution < 1.29 is 16.8 Å². The maximum atomic E-state index is 12.5. The second-order valence-corrected chi connectivity index (χ2v) is 9.12. The predicted octanol–water partition coefficient (Wildman–Crippen LogP) is 0.551. The summed E-state index contributed by atoms with van der Waals surface area (Å²) in [6, 6.07) is 3.29. The molecule has 0 aliphatic rings. The predicted molar refractivity (Wildman–Crippen MR) is 79.9 cm³/mol. The van der Waals surface area contributed by atoms with Gasteiger partial charge in [0.15, 0.2) is 0 Å². The fourth-order valence-corrected chi connectivity index (χ4v) is 4.15. The zero-order valence-corrected chi connectivity index (χ0v) is 13.7. The van der Waals surface area contributed by atoms with Crippen molar-refractivity contribution in [1.29, 1.82) is 0 Å². The standard InChI is InChI=1S/C12H20N2O4S2/c1-9-5-6-11(13)10(2)12(9)20(17,18)14(3)7-8-19(4,15)16/h5-6H,7-8,13H2,1-4H3. The Labute approximate surface area is 120 Å². The van der Waals surface area contributed by atoms with E-state index in [1.54, 1.807) is 26.0 Å². The summed E-state index contributed by atoms with van der Waals surface area (Å²) < 4.78 is 48.4. The molecule has 0 saturated carbocycles. The average molecular weight is 320 g/mol. The third-order valence-corrected chi connectivity index (χ3v) is 6.16. The summed E-state index contributed by atoms with van der Waals surface area (Å²) in [7, 11) is -5.61. The van der Waals surface area contributed by atoms with Crippen LogP contribution in [0.5, 0.6) is 0 Å². The van der Waals surface area contributed by atoms with Crippen molar-refractivity contribution in [1.82, 2.24) is 4.31 Å². The SMILES string of the molecule is Cc1ccc(N)c(C)c1S(=O)(=O)N(C)CCS(C)(=O)=O. The Morgan fingerprint density at radius 2 is 1.70 bits per heavy atom. The van der Waals surface area contributed by atoms with Crippen LogP contribution in [0.15, 0.2) is 17.0 Å². The van der Waals surface area contributed by atoms with E-state index in [1.807, 2.05) is 0 Å². The van der Waals surface area contributed by atoms with Crippen LogP contribution in [0, 0.1) is 13.8 Å². The first-order chi connectivity index (χ1) is 8.97. The molecule has 0 spiro atoms. The van der Waals surface area contributed by atoms with Gasteiger partial charge in [0.25, 0.3) is 0 Å². The van der Waals surface area contributed by atoms with E-state index in [2.05, 4.69) is 0 Å². The van der Waals surface area contributed by atoms with Crippen LogP contribution in [0.1, 0.15) is 11.1 Å². The molecule has 0 aliphatic carbocycles. The van der Waals surface area contributed by atoms with Gasteiger partial charge in [-0.3, -0.25) is 0 Å². The normalized spacial score (nSPS) is 12.8. The van der Waals surface area contributed by atoms with E-state index in [1.165, 1.54) is 7.05 Å². The molecule has 6 nitrogen and oxygen atoms in total. The molecule has 8 heteroatoms. The quantitative estimate of drug-likeness (QED) is 0.799. The fraction of sp³-hybridized carbons (Fsp3) is 0.500. The van der Waals surface area contributed by atoms with Crippen LogP contribution in [0.3, 0.4) is 0 Å². The molecule has 0 heterocycles. The molecule has 1 aromatic carbocycles. The number of hydrogen-bond acceptors (Lipinski definition) is 5. The minimum atomic E-state index is -3.76. The number of nitrogen functional groups attached to an aromatic ring is 1. The molecule has 2 N–H and O–H groups in total. The highest BCUT2D eigenvalue weighted by Crippen LogP contribution is 2.26. The van der Waals surface area contributed by atoms with Gasteiger partial charge in [0.1, 0.15) is 9.84 Å². The lowest BCUT2D eigenvalue weighted by molar-refractivity contribution is 0.484. The van der Waals surface area contributed by atoms with Gasteiger partial charge in [-0.2, -0.15) is 4.31 Å². The van der Waals surface area contributed by atoms with Gasteiger partial charge in [0, 0.05) is 25.5 Å². The van der Waals surface area contributed by atoms with Crippen LogP contribution in [-0.4, -0.2) is 46.7 Å². The molecule has 20 heavy (non-hydrogen) atoms. The van der Waals surface area contributed by atoms with Crippen molar-refractivity contribution in [3.63, 3.8) is 0 Å². The minimum absolute atomic E-state index is 0.0884. The van der Waals surface area contributed by atoms with Gasteiger partial charge >= 0.3 is 0 Å². The number of sulfone groups is 1. The highest BCUT2D eigenvalue weighted by Gasteiger charge is 2.26. The van der Waals surface area contributed by atoms with Crippen LogP contribution in [0.25, 0.3) is 0 Å². The molecule has 0 aromatic heterocycles. The van der Waals surface area contributed by atoms with E-state index >= 15 is 0 Å². The highest BCUT2D eigenvalue weighted by molar-refractivity contribution is 7.91. The zero-order chi connectivity index (χ0) is 15.7. The average Bonchev–Trinajstić information content (AvgIpc) is 2.30. The van der Waals surface area contributed by atoms with Gasteiger partial charge in [-0.1, -0.05) is 6.07 Å².